The molecule has 296 valence electrons. The largest absolute Gasteiger partial charge is 0.310 e. The van der Waals surface area contributed by atoms with Gasteiger partial charge in [0, 0.05) is 22.5 Å². The quantitative estimate of drug-likeness (QED) is 0.138. The van der Waals surface area contributed by atoms with Crippen LogP contribution in [0.4, 0.5) is 21.5 Å². The summed E-state index contributed by atoms with van der Waals surface area (Å²) in [6.45, 7) is 8.45. The Hall–Kier alpha value is -7.55. The van der Waals surface area contributed by atoms with Crippen molar-refractivity contribution in [2.45, 2.75) is 25.7 Å². The number of halogens is 1. The normalized spacial score (nSPS) is 14.2. The number of allylic oxidation sites excluding steroid dienone is 1. The smallest absolute Gasteiger partial charge is 0.131 e. The topological polar surface area (TPSA) is 3.24 Å². The Kier molecular flexibility index (Phi) is 8.98. The summed E-state index contributed by atoms with van der Waals surface area (Å²) in [5, 5.41) is 0. The van der Waals surface area contributed by atoms with Crippen molar-refractivity contribution < 1.29 is 4.39 Å². The van der Waals surface area contributed by atoms with Crippen LogP contribution in [-0.2, 0) is 11.8 Å². The Balaban J connectivity index is 1.19. The van der Waals surface area contributed by atoms with Gasteiger partial charge in [0.25, 0.3) is 0 Å². The summed E-state index contributed by atoms with van der Waals surface area (Å²) in [5.41, 5.74) is 21.2. The van der Waals surface area contributed by atoms with Crippen molar-refractivity contribution >= 4 is 17.1 Å². The van der Waals surface area contributed by atoms with Crippen LogP contribution in [-0.4, -0.2) is 0 Å². The molecule has 0 saturated carbocycles. The molecule has 0 N–H and O–H groups in total. The van der Waals surface area contributed by atoms with Gasteiger partial charge < -0.3 is 4.90 Å². The minimum Gasteiger partial charge on any atom is -0.310 e. The van der Waals surface area contributed by atoms with Gasteiger partial charge >= 0.3 is 0 Å². The maximum absolute atomic E-state index is 16.9. The van der Waals surface area contributed by atoms with Gasteiger partial charge in [-0.05, 0) is 135 Å². The number of fused-ring (bicyclic) bond motifs is 10. The summed E-state index contributed by atoms with van der Waals surface area (Å²) in [6.07, 6.45) is 2.45. The van der Waals surface area contributed by atoms with E-state index in [4.69, 9.17) is 0 Å². The molecule has 9 aromatic carbocycles. The van der Waals surface area contributed by atoms with Crippen LogP contribution in [0.5, 0.6) is 0 Å². The molecule has 11 rings (SSSR count). The first kappa shape index (κ1) is 37.4. The van der Waals surface area contributed by atoms with Gasteiger partial charge in [-0.2, -0.15) is 0 Å². The molecular formula is C60H44FN. The third kappa shape index (κ3) is 5.75. The first-order valence-electron chi connectivity index (χ1n) is 21.5. The predicted molar refractivity (Wildman–Crippen MR) is 257 cm³/mol. The molecule has 0 heterocycles. The lowest BCUT2D eigenvalue weighted by atomic mass is 9.68. The molecule has 0 radical (unpaired) electrons. The highest BCUT2D eigenvalue weighted by atomic mass is 19.1. The number of benzene rings is 9. The lowest BCUT2D eigenvalue weighted by Gasteiger charge is -2.34. The van der Waals surface area contributed by atoms with Crippen LogP contribution in [0, 0.1) is 19.7 Å². The highest BCUT2D eigenvalue weighted by Crippen LogP contribution is 2.66. The summed E-state index contributed by atoms with van der Waals surface area (Å²) < 4.78 is 16.9. The van der Waals surface area contributed by atoms with Gasteiger partial charge in [0.2, 0.25) is 0 Å². The van der Waals surface area contributed by atoms with Crippen LogP contribution < -0.4 is 4.90 Å². The Labute approximate surface area is 363 Å². The molecule has 1 spiro atoms. The number of nitrogens with zero attached hydrogens (tertiary/aromatic N) is 1. The molecule has 1 atom stereocenters. The fourth-order valence-electron chi connectivity index (χ4n) is 10.6. The van der Waals surface area contributed by atoms with Gasteiger partial charge in [-0.25, -0.2) is 4.39 Å². The Bertz CT molecular complexity index is 3100. The minimum atomic E-state index is -0.769. The second-order valence-corrected chi connectivity index (χ2v) is 16.7. The molecule has 0 fully saturated rings. The highest BCUT2D eigenvalue weighted by Gasteiger charge is 2.54. The van der Waals surface area contributed by atoms with E-state index in [0.29, 0.717) is 12.0 Å². The van der Waals surface area contributed by atoms with Crippen LogP contribution in [0.2, 0.25) is 0 Å². The van der Waals surface area contributed by atoms with E-state index in [0.717, 1.165) is 61.6 Å². The van der Waals surface area contributed by atoms with Crippen LogP contribution in [0.3, 0.4) is 0 Å². The molecule has 0 amide bonds. The zero-order valence-electron chi connectivity index (χ0n) is 34.9. The number of rotatable bonds is 8. The molecule has 1 unspecified atom stereocenters. The SMILES string of the molecule is C=CCc1cc(F)c2c(c1)C1(c3ccccc3-2)c2cc(C)cc(C)c2-c2cccc(-c3ccccc3N(c3ccc(-c4ccccc4)cc3)c3ccc(-c4ccccc4)cc3)c21. The molecule has 0 bridgehead atoms. The fraction of sp³-hybridized carbons (Fsp3) is 0.0667. The van der Waals surface area contributed by atoms with E-state index in [-0.39, 0.29) is 5.82 Å². The third-order valence-electron chi connectivity index (χ3n) is 13.0. The van der Waals surface area contributed by atoms with Crippen molar-refractivity contribution in [1.82, 2.24) is 0 Å². The number of hydrogen-bond donors (Lipinski definition) is 0. The first-order valence-corrected chi connectivity index (χ1v) is 21.5. The van der Waals surface area contributed by atoms with Gasteiger partial charge in [0.1, 0.15) is 5.82 Å². The molecule has 2 aliphatic rings. The van der Waals surface area contributed by atoms with Crippen molar-refractivity contribution in [3.8, 4) is 55.6 Å². The summed E-state index contributed by atoms with van der Waals surface area (Å²) in [7, 11) is 0. The molecule has 9 aromatic rings. The predicted octanol–water partition coefficient (Wildman–Crippen LogP) is 16.0. The highest BCUT2D eigenvalue weighted by molar-refractivity contribution is 6.02. The molecule has 2 aliphatic carbocycles. The third-order valence-corrected chi connectivity index (χ3v) is 13.0. The number of hydrogen-bond acceptors (Lipinski definition) is 1. The first-order chi connectivity index (χ1) is 30.4. The molecule has 1 nitrogen and oxygen atoms in total. The second kappa shape index (κ2) is 14.9. The summed E-state index contributed by atoms with van der Waals surface area (Å²) in [5.74, 6) is -0.190. The van der Waals surface area contributed by atoms with E-state index in [1.807, 2.05) is 12.1 Å². The molecular weight excluding hydrogens is 754 g/mol. The molecule has 0 aliphatic heterocycles. The maximum atomic E-state index is 16.9. The average molecular weight is 798 g/mol. The van der Waals surface area contributed by atoms with Crippen molar-refractivity contribution in [2.75, 3.05) is 4.90 Å². The monoisotopic (exact) mass is 797 g/mol. The van der Waals surface area contributed by atoms with E-state index >= 15 is 4.39 Å². The van der Waals surface area contributed by atoms with E-state index in [9.17, 15) is 0 Å². The van der Waals surface area contributed by atoms with Gasteiger partial charge in [0.15, 0.2) is 0 Å². The van der Waals surface area contributed by atoms with Crippen LogP contribution >= 0.6 is 0 Å². The van der Waals surface area contributed by atoms with Crippen LogP contribution in [0.25, 0.3) is 55.6 Å². The minimum absolute atomic E-state index is 0.190. The number of para-hydroxylation sites is 1. The van der Waals surface area contributed by atoms with Crippen molar-refractivity contribution in [1.29, 1.82) is 0 Å². The number of anilines is 3. The van der Waals surface area contributed by atoms with Crippen molar-refractivity contribution in [3.05, 3.63) is 258 Å². The summed E-state index contributed by atoms with van der Waals surface area (Å²) >= 11 is 0. The van der Waals surface area contributed by atoms with E-state index < -0.39 is 5.41 Å². The molecule has 0 saturated heterocycles. The van der Waals surface area contributed by atoms with Crippen molar-refractivity contribution in [2.24, 2.45) is 0 Å². The fourth-order valence-corrected chi connectivity index (χ4v) is 10.6. The average Bonchev–Trinajstić information content (AvgIpc) is 3.78. The lowest BCUT2D eigenvalue weighted by Crippen LogP contribution is -2.27. The summed E-state index contributed by atoms with van der Waals surface area (Å²) in [4.78, 5) is 2.39. The zero-order valence-corrected chi connectivity index (χ0v) is 34.9. The zero-order chi connectivity index (χ0) is 42.0. The molecule has 62 heavy (non-hydrogen) atoms. The molecule has 0 aromatic heterocycles. The second-order valence-electron chi connectivity index (χ2n) is 16.7. The standard InChI is InChI=1S/C60H44FN/c1-4-16-41-37-54-58(55(61)38-41)50-22-11-13-25-52(50)60(54)53-36-39(2)35-40(3)57(53)51-24-15-23-49(59(51)60)48-21-12-14-26-56(48)62(46-31-27-44(28-32-46)42-17-7-5-8-18-42)47-33-29-45(30-34-47)43-19-9-6-10-20-43/h4-15,17-38H,1,16H2,2-3H3. The van der Waals surface area contributed by atoms with E-state index in [1.165, 1.54) is 44.5 Å². The van der Waals surface area contributed by atoms with Crippen LogP contribution in [0.1, 0.15) is 38.9 Å². The summed E-state index contributed by atoms with van der Waals surface area (Å²) in [6, 6.07) is 71.6. The lowest BCUT2D eigenvalue weighted by molar-refractivity contribution is 0.627. The van der Waals surface area contributed by atoms with E-state index in [1.54, 1.807) is 6.07 Å². The van der Waals surface area contributed by atoms with Crippen molar-refractivity contribution in [3.63, 3.8) is 0 Å². The Morgan fingerprint density at radius 2 is 1.02 bits per heavy atom. The van der Waals surface area contributed by atoms with Crippen LogP contribution in [0.15, 0.2) is 213 Å². The Morgan fingerprint density at radius 3 is 1.66 bits per heavy atom. The van der Waals surface area contributed by atoms with Gasteiger partial charge in [-0.1, -0.05) is 175 Å². The maximum Gasteiger partial charge on any atom is 0.131 e. The number of aryl methyl sites for hydroxylation is 2. The van der Waals surface area contributed by atoms with E-state index in [2.05, 4.69) is 213 Å². The Morgan fingerprint density at radius 1 is 0.484 bits per heavy atom. The van der Waals surface area contributed by atoms with Gasteiger partial charge in [-0.15, -0.1) is 6.58 Å². The molecule has 2 heteroatoms. The van der Waals surface area contributed by atoms with Gasteiger partial charge in [-0.3, -0.25) is 0 Å². The van der Waals surface area contributed by atoms with Gasteiger partial charge in [0.05, 0.1) is 11.1 Å².